The van der Waals surface area contributed by atoms with Gasteiger partial charge in [-0.2, -0.15) is 0 Å². The lowest BCUT2D eigenvalue weighted by molar-refractivity contribution is 0.245. The first-order chi connectivity index (χ1) is 11.0. The minimum Gasteiger partial charge on any atom is -0.396 e. The molecule has 5 heteroatoms. The van der Waals surface area contributed by atoms with Crippen LogP contribution in [0.2, 0.25) is 0 Å². The van der Waals surface area contributed by atoms with Crippen molar-refractivity contribution >= 4 is 5.96 Å². The van der Waals surface area contributed by atoms with E-state index in [9.17, 15) is 5.11 Å². The third kappa shape index (κ3) is 7.08. The first-order valence-corrected chi connectivity index (χ1v) is 8.68. The summed E-state index contributed by atoms with van der Waals surface area (Å²) in [5, 5.41) is 12.6. The van der Waals surface area contributed by atoms with Gasteiger partial charge in [-0.15, -0.1) is 0 Å². The molecule has 0 saturated heterocycles. The van der Waals surface area contributed by atoms with Crippen LogP contribution in [0.1, 0.15) is 39.3 Å². The molecule has 1 aromatic rings. The van der Waals surface area contributed by atoms with Crippen molar-refractivity contribution in [2.75, 3.05) is 26.7 Å². The van der Waals surface area contributed by atoms with Crippen molar-refractivity contribution in [3.05, 3.63) is 24.0 Å². The SMILES string of the molecule is CCNC(=NCC(CCO)CC(C)C)N(C)Cc1cccn1C. The highest BCUT2D eigenvalue weighted by Crippen LogP contribution is 2.16. The van der Waals surface area contributed by atoms with Crippen molar-refractivity contribution < 1.29 is 5.11 Å². The number of guanidine groups is 1. The molecule has 0 radical (unpaired) electrons. The molecule has 23 heavy (non-hydrogen) atoms. The van der Waals surface area contributed by atoms with Gasteiger partial charge in [-0.1, -0.05) is 13.8 Å². The molecule has 2 N–H and O–H groups in total. The second-order valence-corrected chi connectivity index (χ2v) is 6.67. The zero-order valence-corrected chi connectivity index (χ0v) is 15.4. The predicted molar refractivity (Wildman–Crippen MR) is 97.5 cm³/mol. The average Bonchev–Trinajstić information content (AvgIpc) is 2.88. The molecule has 1 rings (SSSR count). The maximum Gasteiger partial charge on any atom is 0.194 e. The van der Waals surface area contributed by atoms with Crippen molar-refractivity contribution in [1.29, 1.82) is 0 Å². The Morgan fingerprint density at radius 3 is 2.70 bits per heavy atom. The van der Waals surface area contributed by atoms with Crippen LogP contribution in [-0.4, -0.2) is 47.3 Å². The van der Waals surface area contributed by atoms with E-state index in [0.717, 1.165) is 38.4 Å². The summed E-state index contributed by atoms with van der Waals surface area (Å²) in [4.78, 5) is 6.96. The van der Waals surface area contributed by atoms with Crippen molar-refractivity contribution in [3.8, 4) is 0 Å². The van der Waals surface area contributed by atoms with Gasteiger partial charge in [-0.3, -0.25) is 4.99 Å². The zero-order valence-electron chi connectivity index (χ0n) is 15.4. The monoisotopic (exact) mass is 322 g/mol. The normalized spacial score (nSPS) is 13.4. The molecule has 5 nitrogen and oxygen atoms in total. The van der Waals surface area contributed by atoms with E-state index in [1.807, 2.05) is 0 Å². The minimum atomic E-state index is 0.239. The number of aromatic nitrogens is 1. The van der Waals surface area contributed by atoms with Crippen LogP contribution in [0.5, 0.6) is 0 Å². The highest BCUT2D eigenvalue weighted by Gasteiger charge is 2.13. The Kier molecular flexibility index (Phi) is 8.77. The lowest BCUT2D eigenvalue weighted by atomic mass is 9.94. The molecule has 1 aromatic heterocycles. The number of aliphatic hydroxyl groups is 1. The molecule has 0 bridgehead atoms. The minimum absolute atomic E-state index is 0.239. The molecule has 0 aliphatic carbocycles. The summed E-state index contributed by atoms with van der Waals surface area (Å²) in [7, 11) is 4.13. The summed E-state index contributed by atoms with van der Waals surface area (Å²) in [6, 6.07) is 4.19. The van der Waals surface area contributed by atoms with E-state index < -0.39 is 0 Å². The third-order valence-corrected chi connectivity index (χ3v) is 3.99. The van der Waals surface area contributed by atoms with Crippen LogP contribution >= 0.6 is 0 Å². The van der Waals surface area contributed by atoms with Crippen molar-refractivity contribution in [2.24, 2.45) is 23.9 Å². The second-order valence-electron chi connectivity index (χ2n) is 6.67. The number of aryl methyl sites for hydroxylation is 1. The molecule has 0 amide bonds. The summed E-state index contributed by atoms with van der Waals surface area (Å²) in [6.45, 7) is 9.21. The van der Waals surface area contributed by atoms with Crippen molar-refractivity contribution in [1.82, 2.24) is 14.8 Å². The third-order valence-electron chi connectivity index (χ3n) is 3.99. The molecule has 0 aliphatic rings. The topological polar surface area (TPSA) is 52.8 Å². The first kappa shape index (κ1) is 19.6. The van der Waals surface area contributed by atoms with Gasteiger partial charge in [-0.05, 0) is 43.7 Å². The molecule has 1 heterocycles. The van der Waals surface area contributed by atoms with E-state index in [0.29, 0.717) is 11.8 Å². The number of hydrogen-bond acceptors (Lipinski definition) is 2. The van der Waals surface area contributed by atoms with E-state index >= 15 is 0 Å². The molecular formula is C18H34N4O. The van der Waals surface area contributed by atoms with Gasteiger partial charge in [0.25, 0.3) is 0 Å². The summed E-state index contributed by atoms with van der Waals surface area (Å²) in [5.74, 6) is 2.00. The Hall–Kier alpha value is -1.49. The largest absolute Gasteiger partial charge is 0.396 e. The predicted octanol–water partition coefficient (Wildman–Crippen LogP) is 2.47. The van der Waals surface area contributed by atoms with Crippen LogP contribution in [0.3, 0.4) is 0 Å². The maximum absolute atomic E-state index is 9.25. The first-order valence-electron chi connectivity index (χ1n) is 8.68. The van der Waals surface area contributed by atoms with Crippen LogP contribution < -0.4 is 5.32 Å². The van der Waals surface area contributed by atoms with Crippen molar-refractivity contribution in [3.63, 3.8) is 0 Å². The highest BCUT2D eigenvalue weighted by molar-refractivity contribution is 5.79. The zero-order chi connectivity index (χ0) is 17.2. The molecular weight excluding hydrogens is 288 g/mol. The number of rotatable bonds is 9. The van der Waals surface area contributed by atoms with Gasteiger partial charge in [0, 0.05) is 45.7 Å². The van der Waals surface area contributed by atoms with Gasteiger partial charge in [0.2, 0.25) is 0 Å². The molecule has 0 aliphatic heterocycles. The van der Waals surface area contributed by atoms with Crippen LogP contribution in [0, 0.1) is 11.8 Å². The average molecular weight is 322 g/mol. The summed E-state index contributed by atoms with van der Waals surface area (Å²) in [6.07, 6.45) is 3.99. The number of nitrogens with one attached hydrogen (secondary N) is 1. The van der Waals surface area contributed by atoms with Gasteiger partial charge >= 0.3 is 0 Å². The van der Waals surface area contributed by atoms with Gasteiger partial charge in [0.1, 0.15) is 0 Å². The fourth-order valence-electron chi connectivity index (χ4n) is 2.80. The Labute approximate surface area is 141 Å². The summed E-state index contributed by atoms with van der Waals surface area (Å²) < 4.78 is 2.13. The molecule has 1 atom stereocenters. The molecule has 132 valence electrons. The fourth-order valence-corrected chi connectivity index (χ4v) is 2.80. The Balaban J connectivity index is 2.72. The number of aliphatic hydroxyl groups excluding tert-OH is 1. The van der Waals surface area contributed by atoms with Crippen LogP contribution in [-0.2, 0) is 13.6 Å². The quantitative estimate of drug-likeness (QED) is 0.542. The number of nitrogens with zero attached hydrogens (tertiary/aromatic N) is 3. The maximum atomic E-state index is 9.25. The Morgan fingerprint density at radius 1 is 1.43 bits per heavy atom. The fraction of sp³-hybridized carbons (Fsp3) is 0.722. The van der Waals surface area contributed by atoms with Gasteiger partial charge in [0.15, 0.2) is 5.96 Å². The van der Waals surface area contributed by atoms with E-state index in [-0.39, 0.29) is 6.61 Å². The lowest BCUT2D eigenvalue weighted by Gasteiger charge is -2.23. The molecule has 1 unspecified atom stereocenters. The Bertz CT molecular complexity index is 467. The summed E-state index contributed by atoms with van der Waals surface area (Å²) >= 11 is 0. The Morgan fingerprint density at radius 2 is 2.17 bits per heavy atom. The van der Waals surface area contributed by atoms with E-state index in [2.05, 4.69) is 68.0 Å². The van der Waals surface area contributed by atoms with E-state index in [1.165, 1.54) is 5.69 Å². The van der Waals surface area contributed by atoms with Crippen molar-refractivity contribution in [2.45, 2.75) is 40.2 Å². The number of aliphatic imine (C=N–C) groups is 1. The summed E-state index contributed by atoms with van der Waals surface area (Å²) in [5.41, 5.74) is 1.26. The van der Waals surface area contributed by atoms with Crippen LogP contribution in [0.25, 0.3) is 0 Å². The van der Waals surface area contributed by atoms with Gasteiger partial charge < -0.3 is 19.9 Å². The molecule has 0 fully saturated rings. The van der Waals surface area contributed by atoms with E-state index in [4.69, 9.17) is 4.99 Å². The molecule has 0 aromatic carbocycles. The smallest absolute Gasteiger partial charge is 0.194 e. The van der Waals surface area contributed by atoms with E-state index in [1.54, 1.807) is 0 Å². The van der Waals surface area contributed by atoms with Gasteiger partial charge in [-0.25, -0.2) is 0 Å². The molecule has 0 saturated carbocycles. The van der Waals surface area contributed by atoms with Crippen LogP contribution in [0.4, 0.5) is 0 Å². The highest BCUT2D eigenvalue weighted by atomic mass is 16.3. The van der Waals surface area contributed by atoms with Gasteiger partial charge in [0.05, 0.1) is 6.54 Å². The second kappa shape index (κ2) is 10.3. The van der Waals surface area contributed by atoms with Crippen LogP contribution in [0.15, 0.2) is 23.3 Å². The standard InChI is InChI=1S/C18H34N4O/c1-6-19-18(20-13-16(9-11-23)12-15(2)3)22(5)14-17-8-7-10-21(17)4/h7-8,10,15-16,23H,6,9,11-14H2,1-5H3,(H,19,20). The lowest BCUT2D eigenvalue weighted by Crippen LogP contribution is -2.39. The molecule has 0 spiro atoms. The number of hydrogen-bond donors (Lipinski definition) is 2.